The summed E-state index contributed by atoms with van der Waals surface area (Å²) in [4.78, 5) is 15.7. The predicted molar refractivity (Wildman–Crippen MR) is 104 cm³/mol. The summed E-state index contributed by atoms with van der Waals surface area (Å²) < 4.78 is 32.2. The van der Waals surface area contributed by atoms with Crippen LogP contribution in [0.15, 0.2) is 36.7 Å². The van der Waals surface area contributed by atoms with Gasteiger partial charge in [-0.2, -0.15) is 8.78 Å². The molecule has 0 spiro atoms. The van der Waals surface area contributed by atoms with Gasteiger partial charge in [-0.1, -0.05) is 12.1 Å². The van der Waals surface area contributed by atoms with Gasteiger partial charge in [-0.3, -0.25) is 9.36 Å². The van der Waals surface area contributed by atoms with E-state index in [-0.39, 0.29) is 31.3 Å². The minimum Gasteiger partial charge on any atom is -0.484 e. The summed E-state index contributed by atoms with van der Waals surface area (Å²) in [5.41, 5.74) is 1.26. The maximum absolute atomic E-state index is 12.7. The molecular weight excluding hydrogens is 392 g/mol. The molecule has 1 aromatic carbocycles. The molecule has 1 aromatic heterocycles. The lowest BCUT2D eigenvalue weighted by Crippen LogP contribution is -2.31. The number of aromatic nitrogens is 2. The molecule has 1 aliphatic rings. The Kier molecular flexibility index (Phi) is 7.40. The van der Waals surface area contributed by atoms with Crippen LogP contribution in [0.2, 0.25) is 0 Å². The van der Waals surface area contributed by atoms with Gasteiger partial charge in [-0.25, -0.2) is 4.98 Å². The third-order valence-electron chi connectivity index (χ3n) is 3.98. The summed E-state index contributed by atoms with van der Waals surface area (Å²) in [5, 5.41) is 2.65. The van der Waals surface area contributed by atoms with Crippen molar-refractivity contribution in [2.45, 2.75) is 24.0 Å². The Hall–Kier alpha value is -1.74. The number of rotatable bonds is 8. The number of halogens is 2. The van der Waals surface area contributed by atoms with Crippen LogP contribution in [0, 0.1) is 0 Å². The molecule has 1 amide bonds. The fourth-order valence-electron chi connectivity index (χ4n) is 2.63. The average molecular weight is 414 g/mol. The van der Waals surface area contributed by atoms with Crippen LogP contribution in [0.1, 0.15) is 28.9 Å². The first-order chi connectivity index (χ1) is 13.1. The number of hydrogen-bond donors (Lipinski definition) is 1. The van der Waals surface area contributed by atoms with Crippen molar-refractivity contribution in [1.29, 1.82) is 0 Å². The van der Waals surface area contributed by atoms with Gasteiger partial charge in [0, 0.05) is 25.4 Å². The number of ether oxygens (including phenoxy) is 1. The fraction of sp³-hybridized carbons (Fsp3) is 0.444. The van der Waals surface area contributed by atoms with E-state index in [1.165, 1.54) is 35.9 Å². The molecule has 0 bridgehead atoms. The Labute approximate surface area is 165 Å². The van der Waals surface area contributed by atoms with Crippen LogP contribution >= 0.6 is 23.5 Å². The molecule has 5 nitrogen and oxygen atoms in total. The quantitative estimate of drug-likeness (QED) is 0.712. The molecule has 3 rings (SSSR count). The van der Waals surface area contributed by atoms with Crippen molar-refractivity contribution in [3.05, 3.63) is 48.0 Å². The van der Waals surface area contributed by atoms with E-state index in [1.807, 2.05) is 47.8 Å². The van der Waals surface area contributed by atoms with Crippen molar-refractivity contribution in [1.82, 2.24) is 14.9 Å². The van der Waals surface area contributed by atoms with Crippen LogP contribution in [0.5, 0.6) is 5.75 Å². The second-order valence-electron chi connectivity index (χ2n) is 5.91. The Morgan fingerprint density at radius 1 is 1.30 bits per heavy atom. The second-order valence-corrected chi connectivity index (χ2v) is 8.64. The molecule has 0 radical (unpaired) electrons. The normalized spacial score (nSPS) is 15.1. The second kappa shape index (κ2) is 9.98. The minimum atomic E-state index is -2.63. The average Bonchev–Trinajstić information content (AvgIpc) is 3.16. The minimum absolute atomic E-state index is 0.116. The standard InChI is InChI=1S/C18H21F2N3O2S2/c19-18(20)23-9-8-21-15(23)6-7-22-16(24)12-25-14-4-2-13(3-5-14)17-26-10-1-11-27-17/h2-5,8-9,17-18H,1,6-7,10-12H2,(H,22,24). The highest BCUT2D eigenvalue weighted by Crippen LogP contribution is 2.43. The van der Waals surface area contributed by atoms with E-state index < -0.39 is 6.55 Å². The molecule has 0 saturated carbocycles. The summed E-state index contributed by atoms with van der Waals surface area (Å²) in [7, 11) is 0. The number of thioether (sulfide) groups is 2. The largest absolute Gasteiger partial charge is 0.484 e. The summed E-state index contributed by atoms with van der Waals surface area (Å²) in [6.45, 7) is -2.52. The maximum atomic E-state index is 12.7. The monoisotopic (exact) mass is 413 g/mol. The number of nitrogens with zero attached hydrogens (tertiary/aromatic N) is 2. The smallest absolute Gasteiger partial charge is 0.319 e. The Bertz CT molecular complexity index is 734. The molecule has 1 saturated heterocycles. The topological polar surface area (TPSA) is 56.1 Å². The first-order valence-electron chi connectivity index (χ1n) is 8.66. The van der Waals surface area contributed by atoms with Crippen molar-refractivity contribution in [3.8, 4) is 5.75 Å². The van der Waals surface area contributed by atoms with E-state index in [4.69, 9.17) is 4.74 Å². The van der Waals surface area contributed by atoms with E-state index in [0.29, 0.717) is 10.3 Å². The summed E-state index contributed by atoms with van der Waals surface area (Å²) in [6.07, 6.45) is 4.03. The number of benzene rings is 1. The lowest BCUT2D eigenvalue weighted by atomic mass is 10.2. The van der Waals surface area contributed by atoms with E-state index in [0.717, 1.165) is 4.57 Å². The molecular formula is C18H21F2N3O2S2. The van der Waals surface area contributed by atoms with Crippen LogP contribution in [-0.2, 0) is 11.2 Å². The molecule has 2 heterocycles. The number of carbonyl (C=O) groups excluding carboxylic acids is 1. The van der Waals surface area contributed by atoms with Crippen molar-refractivity contribution < 1.29 is 18.3 Å². The van der Waals surface area contributed by atoms with Crippen molar-refractivity contribution >= 4 is 29.4 Å². The molecule has 0 unspecified atom stereocenters. The molecule has 27 heavy (non-hydrogen) atoms. The summed E-state index contributed by atoms with van der Waals surface area (Å²) in [6, 6.07) is 7.82. The molecule has 9 heteroatoms. The van der Waals surface area contributed by atoms with Gasteiger partial charge >= 0.3 is 6.55 Å². The molecule has 1 fully saturated rings. The van der Waals surface area contributed by atoms with E-state index in [1.54, 1.807) is 0 Å². The Morgan fingerprint density at radius 3 is 2.74 bits per heavy atom. The van der Waals surface area contributed by atoms with Gasteiger partial charge in [0.05, 0.1) is 4.58 Å². The Balaban J connectivity index is 1.39. The first kappa shape index (κ1) is 20.0. The highest BCUT2D eigenvalue weighted by Gasteiger charge is 2.16. The van der Waals surface area contributed by atoms with Gasteiger partial charge in [-0.15, -0.1) is 23.5 Å². The summed E-state index contributed by atoms with van der Waals surface area (Å²) in [5.74, 6) is 2.95. The van der Waals surface area contributed by atoms with Crippen LogP contribution in [0.4, 0.5) is 8.78 Å². The van der Waals surface area contributed by atoms with E-state index >= 15 is 0 Å². The molecule has 1 aliphatic heterocycles. The zero-order valence-corrected chi connectivity index (χ0v) is 16.3. The van der Waals surface area contributed by atoms with Gasteiger partial charge in [0.2, 0.25) is 0 Å². The maximum Gasteiger partial charge on any atom is 0.319 e. The number of hydrogen-bond acceptors (Lipinski definition) is 5. The number of alkyl halides is 2. The lowest BCUT2D eigenvalue weighted by Gasteiger charge is -2.21. The van der Waals surface area contributed by atoms with Crippen molar-refractivity contribution in [2.75, 3.05) is 24.7 Å². The SMILES string of the molecule is O=C(COc1ccc(C2SCCCS2)cc1)NCCc1nccn1C(F)F. The first-order valence-corrected chi connectivity index (χ1v) is 10.8. The molecule has 1 N–H and O–H groups in total. The number of nitrogens with one attached hydrogen (secondary N) is 1. The third-order valence-corrected chi connectivity index (χ3v) is 6.99. The molecule has 0 aliphatic carbocycles. The predicted octanol–water partition coefficient (Wildman–Crippen LogP) is 3.88. The summed E-state index contributed by atoms with van der Waals surface area (Å²) >= 11 is 3.91. The molecule has 2 aromatic rings. The molecule has 146 valence electrons. The Morgan fingerprint density at radius 2 is 2.04 bits per heavy atom. The van der Waals surface area contributed by atoms with Crippen LogP contribution in [0.25, 0.3) is 0 Å². The van der Waals surface area contributed by atoms with Gasteiger partial charge < -0.3 is 10.1 Å². The van der Waals surface area contributed by atoms with Gasteiger partial charge in [0.15, 0.2) is 6.61 Å². The van der Waals surface area contributed by atoms with Gasteiger partial charge in [0.1, 0.15) is 11.6 Å². The van der Waals surface area contributed by atoms with Crippen molar-refractivity contribution in [3.63, 3.8) is 0 Å². The van der Waals surface area contributed by atoms with Crippen LogP contribution in [0.3, 0.4) is 0 Å². The number of amides is 1. The van der Waals surface area contributed by atoms with E-state index in [2.05, 4.69) is 10.3 Å². The van der Waals surface area contributed by atoms with Crippen LogP contribution in [-0.4, -0.2) is 40.1 Å². The zero-order valence-electron chi connectivity index (χ0n) is 14.6. The number of imidazole rings is 1. The molecule has 0 atom stereocenters. The fourth-order valence-corrected chi connectivity index (χ4v) is 5.52. The van der Waals surface area contributed by atoms with Crippen LogP contribution < -0.4 is 10.1 Å². The zero-order chi connectivity index (χ0) is 19.1. The highest BCUT2D eigenvalue weighted by molar-refractivity contribution is 8.16. The van der Waals surface area contributed by atoms with Gasteiger partial charge in [0.25, 0.3) is 5.91 Å². The van der Waals surface area contributed by atoms with Gasteiger partial charge in [-0.05, 0) is 35.6 Å². The third kappa shape index (κ3) is 5.87. The number of carbonyl (C=O) groups is 1. The highest BCUT2D eigenvalue weighted by atomic mass is 32.2. The lowest BCUT2D eigenvalue weighted by molar-refractivity contribution is -0.123. The van der Waals surface area contributed by atoms with E-state index in [9.17, 15) is 13.6 Å². The van der Waals surface area contributed by atoms with Crippen molar-refractivity contribution in [2.24, 2.45) is 0 Å².